The van der Waals surface area contributed by atoms with Crippen LogP contribution in [0.25, 0.3) is 0 Å². The van der Waals surface area contributed by atoms with E-state index in [0.717, 1.165) is 0 Å². The number of nitrogens with zero attached hydrogens (tertiary/aromatic N) is 3. The molecule has 18 heavy (non-hydrogen) atoms. The van der Waals surface area contributed by atoms with Crippen LogP contribution in [0.15, 0.2) is 0 Å². The van der Waals surface area contributed by atoms with Gasteiger partial charge in [0.1, 0.15) is 0 Å². The van der Waals surface area contributed by atoms with Crippen molar-refractivity contribution >= 4 is 5.91 Å². The largest absolute Gasteiger partial charge is 0.378 e. The number of carbonyl (C=O) groups excluding carboxylic acids is 1. The van der Waals surface area contributed by atoms with E-state index in [1.54, 1.807) is 0 Å². The molecule has 2 fully saturated rings. The molecule has 2 aliphatic rings. The lowest BCUT2D eigenvalue weighted by atomic mass is 10.2. The fourth-order valence-electron chi connectivity index (χ4n) is 2.30. The Bertz CT molecular complexity index is 336. The highest BCUT2D eigenvalue weighted by Gasteiger charge is 2.30. The molecule has 2 aliphatic heterocycles. The van der Waals surface area contributed by atoms with E-state index in [9.17, 15) is 4.79 Å². The van der Waals surface area contributed by atoms with E-state index in [4.69, 9.17) is 14.7 Å². The normalized spacial score (nSPS) is 27.6. The summed E-state index contributed by atoms with van der Waals surface area (Å²) in [6.07, 6.45) is -0.418. The highest BCUT2D eigenvalue weighted by molar-refractivity contribution is 5.81. The number of rotatable bonds is 2. The summed E-state index contributed by atoms with van der Waals surface area (Å²) in [6.45, 7) is 6.18. The first-order chi connectivity index (χ1) is 8.72. The van der Waals surface area contributed by atoms with Gasteiger partial charge in [-0.2, -0.15) is 5.26 Å². The molecule has 2 atom stereocenters. The van der Waals surface area contributed by atoms with Gasteiger partial charge in [0.25, 0.3) is 0 Å². The maximum atomic E-state index is 12.3. The van der Waals surface area contributed by atoms with E-state index in [1.807, 2.05) is 16.7 Å². The quantitative estimate of drug-likeness (QED) is 0.661. The lowest BCUT2D eigenvalue weighted by Crippen LogP contribution is -2.54. The van der Waals surface area contributed by atoms with Crippen molar-refractivity contribution in [2.75, 3.05) is 46.0 Å². The van der Waals surface area contributed by atoms with Crippen LogP contribution in [0.4, 0.5) is 0 Å². The maximum absolute atomic E-state index is 12.3. The van der Waals surface area contributed by atoms with Gasteiger partial charge in [0.15, 0.2) is 6.10 Å². The molecule has 0 spiro atoms. The van der Waals surface area contributed by atoms with Crippen LogP contribution < -0.4 is 0 Å². The number of carbonyl (C=O) groups is 1. The predicted octanol–water partition coefficient (Wildman–Crippen LogP) is -0.542. The third kappa shape index (κ3) is 2.99. The van der Waals surface area contributed by atoms with E-state index < -0.39 is 6.10 Å². The molecule has 0 saturated carbocycles. The summed E-state index contributed by atoms with van der Waals surface area (Å²) >= 11 is 0. The molecule has 0 N–H and O–H groups in total. The Morgan fingerprint density at radius 1 is 1.33 bits per heavy atom. The molecule has 0 radical (unpaired) electrons. The highest BCUT2D eigenvalue weighted by Crippen LogP contribution is 2.11. The van der Waals surface area contributed by atoms with Crippen LogP contribution in [-0.2, 0) is 14.3 Å². The van der Waals surface area contributed by atoms with Crippen molar-refractivity contribution < 1.29 is 14.3 Å². The summed E-state index contributed by atoms with van der Waals surface area (Å²) in [5.74, 6) is 0.122. The topological polar surface area (TPSA) is 65.8 Å². The van der Waals surface area contributed by atoms with Crippen molar-refractivity contribution in [2.24, 2.45) is 0 Å². The second kappa shape index (κ2) is 6.14. The van der Waals surface area contributed by atoms with Crippen molar-refractivity contribution in [2.45, 2.75) is 19.1 Å². The van der Waals surface area contributed by atoms with Crippen LogP contribution in [0.2, 0.25) is 0 Å². The molecule has 6 heteroatoms. The number of amides is 1. The van der Waals surface area contributed by atoms with Crippen LogP contribution in [0.5, 0.6) is 0 Å². The monoisotopic (exact) mass is 253 g/mol. The zero-order valence-electron chi connectivity index (χ0n) is 10.7. The summed E-state index contributed by atoms with van der Waals surface area (Å²) in [6, 6.07) is 1.91. The average molecular weight is 253 g/mol. The molecule has 0 aliphatic carbocycles. The molecule has 2 rings (SSSR count). The summed E-state index contributed by atoms with van der Waals surface area (Å²) in [5, 5.41) is 8.86. The Balaban J connectivity index is 1.91. The maximum Gasteiger partial charge on any atom is 0.239 e. The zero-order valence-corrected chi connectivity index (χ0v) is 10.7. The second-order valence-electron chi connectivity index (χ2n) is 4.60. The SMILES string of the molecule is CC(C(=O)N1CCOCC1)N1CCOC(C#N)C1. The summed E-state index contributed by atoms with van der Waals surface area (Å²) in [5.41, 5.74) is 0. The molecule has 0 aromatic heterocycles. The van der Waals surface area contributed by atoms with Crippen molar-refractivity contribution in [3.8, 4) is 6.07 Å². The molecule has 2 unspecified atom stereocenters. The number of hydrogen-bond acceptors (Lipinski definition) is 5. The fourth-order valence-corrected chi connectivity index (χ4v) is 2.30. The molecule has 0 bridgehead atoms. The number of hydrogen-bond donors (Lipinski definition) is 0. The Hall–Kier alpha value is -1.16. The number of ether oxygens (including phenoxy) is 2. The Morgan fingerprint density at radius 2 is 2.06 bits per heavy atom. The minimum absolute atomic E-state index is 0.122. The van der Waals surface area contributed by atoms with Gasteiger partial charge in [-0.05, 0) is 6.92 Å². The van der Waals surface area contributed by atoms with Crippen molar-refractivity contribution in [3.05, 3.63) is 0 Å². The molecule has 6 nitrogen and oxygen atoms in total. The fraction of sp³-hybridized carbons (Fsp3) is 0.833. The summed E-state index contributed by atoms with van der Waals surface area (Å²) in [7, 11) is 0. The van der Waals surface area contributed by atoms with Gasteiger partial charge in [0.05, 0.1) is 31.9 Å². The highest BCUT2D eigenvalue weighted by atomic mass is 16.5. The lowest BCUT2D eigenvalue weighted by molar-refractivity contribution is -0.142. The minimum atomic E-state index is -0.418. The van der Waals surface area contributed by atoms with Gasteiger partial charge in [-0.3, -0.25) is 9.69 Å². The average Bonchev–Trinajstić information content (AvgIpc) is 2.46. The van der Waals surface area contributed by atoms with Crippen LogP contribution in [0, 0.1) is 11.3 Å². The molecular formula is C12H19N3O3. The second-order valence-corrected chi connectivity index (χ2v) is 4.60. The van der Waals surface area contributed by atoms with Crippen molar-refractivity contribution in [1.29, 1.82) is 5.26 Å². The smallest absolute Gasteiger partial charge is 0.239 e. The van der Waals surface area contributed by atoms with Crippen LogP contribution in [0.3, 0.4) is 0 Å². The Labute approximate surface area is 107 Å². The lowest BCUT2D eigenvalue weighted by Gasteiger charge is -2.37. The van der Waals surface area contributed by atoms with E-state index in [2.05, 4.69) is 6.07 Å². The number of morpholine rings is 2. The molecule has 2 heterocycles. The van der Waals surface area contributed by atoms with Crippen LogP contribution in [0.1, 0.15) is 6.92 Å². The molecule has 1 amide bonds. The molecule has 2 saturated heterocycles. The summed E-state index contributed by atoms with van der Waals surface area (Å²) in [4.78, 5) is 16.2. The predicted molar refractivity (Wildman–Crippen MR) is 63.8 cm³/mol. The van der Waals surface area contributed by atoms with Gasteiger partial charge in [-0.1, -0.05) is 0 Å². The van der Waals surface area contributed by atoms with Crippen molar-refractivity contribution in [1.82, 2.24) is 9.80 Å². The van der Waals surface area contributed by atoms with Gasteiger partial charge in [-0.15, -0.1) is 0 Å². The van der Waals surface area contributed by atoms with E-state index in [-0.39, 0.29) is 11.9 Å². The Morgan fingerprint density at radius 3 is 2.72 bits per heavy atom. The zero-order chi connectivity index (χ0) is 13.0. The van der Waals surface area contributed by atoms with Crippen LogP contribution >= 0.6 is 0 Å². The van der Waals surface area contributed by atoms with Gasteiger partial charge in [0.2, 0.25) is 5.91 Å². The minimum Gasteiger partial charge on any atom is -0.378 e. The van der Waals surface area contributed by atoms with Gasteiger partial charge < -0.3 is 14.4 Å². The van der Waals surface area contributed by atoms with Crippen LogP contribution in [-0.4, -0.2) is 73.9 Å². The first kappa shape index (κ1) is 13.3. The summed E-state index contributed by atoms with van der Waals surface area (Å²) < 4.78 is 10.5. The van der Waals surface area contributed by atoms with E-state index in [0.29, 0.717) is 46.0 Å². The molecule has 0 aromatic rings. The standard InChI is InChI=1S/C12H19N3O3/c1-10(12(16)14-2-5-17-6-3-14)15-4-7-18-11(8-13)9-15/h10-11H,2-7,9H2,1H3. The third-order valence-electron chi connectivity index (χ3n) is 3.47. The first-order valence-corrected chi connectivity index (χ1v) is 6.34. The van der Waals surface area contributed by atoms with Gasteiger partial charge in [0, 0.05) is 26.2 Å². The van der Waals surface area contributed by atoms with Gasteiger partial charge in [-0.25, -0.2) is 0 Å². The van der Waals surface area contributed by atoms with Crippen molar-refractivity contribution in [3.63, 3.8) is 0 Å². The van der Waals surface area contributed by atoms with Gasteiger partial charge >= 0.3 is 0 Å². The van der Waals surface area contributed by atoms with E-state index in [1.165, 1.54) is 0 Å². The van der Waals surface area contributed by atoms with E-state index >= 15 is 0 Å². The molecule has 0 aromatic carbocycles. The first-order valence-electron chi connectivity index (χ1n) is 6.34. The number of nitriles is 1. The Kier molecular flexibility index (Phi) is 4.53. The molecule has 100 valence electrons. The molecular weight excluding hydrogens is 234 g/mol. The third-order valence-corrected chi connectivity index (χ3v) is 3.47.